The van der Waals surface area contributed by atoms with Crippen LogP contribution in [0, 0.1) is 0 Å². The van der Waals surface area contributed by atoms with Gasteiger partial charge < -0.3 is 23.7 Å². The van der Waals surface area contributed by atoms with Gasteiger partial charge in [-0.1, -0.05) is 11.6 Å². The van der Waals surface area contributed by atoms with Crippen LogP contribution in [-0.4, -0.2) is 38.9 Å². The number of ether oxygens (including phenoxy) is 3. The number of aryl methyl sites for hydroxylation is 1. The zero-order valence-electron chi connectivity index (χ0n) is 17.5. The molecule has 3 rings (SSSR count). The lowest BCUT2D eigenvalue weighted by Crippen LogP contribution is -2.29. The van der Waals surface area contributed by atoms with Gasteiger partial charge in [-0.05, 0) is 37.3 Å². The number of hydrogen-bond donors (Lipinski definition) is 0. The van der Waals surface area contributed by atoms with Crippen LogP contribution in [0.1, 0.15) is 17.3 Å². The molecule has 8 heteroatoms. The molecule has 0 bridgehead atoms. The Morgan fingerprint density at radius 1 is 1.00 bits per heavy atom. The van der Waals surface area contributed by atoms with Crippen LogP contribution in [0.25, 0.3) is 10.8 Å². The number of nitrogens with zero attached hydrogens (tertiary/aromatic N) is 2. The van der Waals surface area contributed by atoms with Crippen molar-refractivity contribution in [2.24, 2.45) is 0 Å². The van der Waals surface area contributed by atoms with Crippen molar-refractivity contribution in [2.75, 3.05) is 33.3 Å². The minimum absolute atomic E-state index is 0.215. The van der Waals surface area contributed by atoms with E-state index in [-0.39, 0.29) is 11.5 Å². The Kier molecular flexibility index (Phi) is 6.22. The van der Waals surface area contributed by atoms with Crippen LogP contribution in [0.5, 0.6) is 17.2 Å². The van der Waals surface area contributed by atoms with Crippen molar-refractivity contribution in [1.29, 1.82) is 0 Å². The van der Waals surface area contributed by atoms with E-state index < -0.39 is 0 Å². The number of amides is 1. The molecule has 1 heterocycles. The van der Waals surface area contributed by atoms with E-state index >= 15 is 0 Å². The maximum atomic E-state index is 13.5. The molecule has 1 amide bonds. The first kappa shape index (κ1) is 21.5. The average molecular weight is 431 g/mol. The van der Waals surface area contributed by atoms with Crippen LogP contribution >= 0.6 is 11.6 Å². The summed E-state index contributed by atoms with van der Waals surface area (Å²) in [5.41, 5.74) is 0.641. The molecule has 0 unspecified atom stereocenters. The van der Waals surface area contributed by atoms with Crippen LogP contribution in [-0.2, 0) is 6.54 Å². The third-order valence-electron chi connectivity index (χ3n) is 4.97. The summed E-state index contributed by atoms with van der Waals surface area (Å²) < 4.78 is 17.6. The molecule has 3 aromatic rings. The summed E-state index contributed by atoms with van der Waals surface area (Å²) >= 11 is 6.14. The molecule has 7 nitrogen and oxygen atoms in total. The molecular weight excluding hydrogens is 408 g/mol. The summed E-state index contributed by atoms with van der Waals surface area (Å²) in [6.45, 7) is 2.25. The van der Waals surface area contributed by atoms with Crippen molar-refractivity contribution in [3.8, 4) is 17.2 Å². The summed E-state index contributed by atoms with van der Waals surface area (Å²) in [5, 5.41) is 1.31. The highest BCUT2D eigenvalue weighted by Gasteiger charge is 2.23. The normalized spacial score (nSPS) is 10.7. The number of methoxy groups -OCH3 is 3. The zero-order chi connectivity index (χ0) is 22.0. The number of pyridine rings is 1. The van der Waals surface area contributed by atoms with Gasteiger partial charge in [0.15, 0.2) is 11.5 Å². The Labute approximate surface area is 179 Å². The van der Waals surface area contributed by atoms with Gasteiger partial charge in [0.25, 0.3) is 11.5 Å². The molecule has 2 aromatic carbocycles. The molecule has 0 N–H and O–H groups in total. The van der Waals surface area contributed by atoms with Gasteiger partial charge >= 0.3 is 0 Å². The van der Waals surface area contributed by atoms with Crippen LogP contribution in [0.4, 0.5) is 5.69 Å². The van der Waals surface area contributed by atoms with Gasteiger partial charge in [0.05, 0.1) is 38.0 Å². The van der Waals surface area contributed by atoms with Crippen molar-refractivity contribution in [3.05, 3.63) is 57.5 Å². The molecule has 0 saturated carbocycles. The Morgan fingerprint density at radius 3 is 2.17 bits per heavy atom. The summed E-state index contributed by atoms with van der Waals surface area (Å²) in [4.78, 5) is 27.8. The predicted octanol–water partition coefficient (Wildman–Crippen LogP) is 3.98. The quantitative estimate of drug-likeness (QED) is 0.591. The highest BCUT2D eigenvalue weighted by Crippen LogP contribution is 2.35. The fourth-order valence-corrected chi connectivity index (χ4v) is 3.50. The van der Waals surface area contributed by atoms with Crippen LogP contribution in [0.2, 0.25) is 5.02 Å². The van der Waals surface area contributed by atoms with E-state index in [1.54, 1.807) is 43.6 Å². The van der Waals surface area contributed by atoms with E-state index in [9.17, 15) is 9.59 Å². The number of fused-ring (bicyclic) bond motifs is 1. The monoisotopic (exact) mass is 430 g/mol. The van der Waals surface area contributed by atoms with Gasteiger partial charge in [0, 0.05) is 30.2 Å². The fraction of sp³-hybridized carbons (Fsp3) is 0.273. The van der Waals surface area contributed by atoms with Crippen molar-refractivity contribution >= 4 is 34.0 Å². The number of anilines is 1. The zero-order valence-corrected chi connectivity index (χ0v) is 18.2. The second-order valence-corrected chi connectivity index (χ2v) is 7.00. The molecule has 0 aliphatic heterocycles. The number of benzene rings is 2. The average Bonchev–Trinajstić information content (AvgIpc) is 2.77. The smallest absolute Gasteiger partial charge is 0.260 e. The topological polar surface area (TPSA) is 70.0 Å². The first-order valence-electron chi connectivity index (χ1n) is 9.27. The molecule has 0 radical (unpaired) electrons. The largest absolute Gasteiger partial charge is 0.495 e. The molecule has 158 valence electrons. The van der Waals surface area contributed by atoms with E-state index in [0.717, 1.165) is 0 Å². The van der Waals surface area contributed by atoms with Gasteiger partial charge in [0.1, 0.15) is 5.75 Å². The molecule has 0 spiro atoms. The standard InChI is InChI=1S/C22H23ClN2O5/c1-6-25-12-16(14-10-19(29-4)20(30-5)11-15(14)22(25)27)21(26)24(2)17-9-13(23)7-8-18(17)28-3/h7-12H,6H2,1-5H3. The van der Waals surface area contributed by atoms with Crippen molar-refractivity contribution in [3.63, 3.8) is 0 Å². The van der Waals surface area contributed by atoms with E-state index in [1.807, 2.05) is 6.92 Å². The maximum absolute atomic E-state index is 13.5. The lowest BCUT2D eigenvalue weighted by Gasteiger charge is -2.22. The summed E-state index contributed by atoms with van der Waals surface area (Å²) in [7, 11) is 6.15. The van der Waals surface area contributed by atoms with Crippen molar-refractivity contribution < 1.29 is 19.0 Å². The van der Waals surface area contributed by atoms with Gasteiger partial charge in [-0.15, -0.1) is 0 Å². The van der Waals surface area contributed by atoms with E-state index in [1.165, 1.54) is 30.8 Å². The fourth-order valence-electron chi connectivity index (χ4n) is 3.34. The van der Waals surface area contributed by atoms with Crippen LogP contribution in [0.15, 0.2) is 41.3 Å². The second-order valence-electron chi connectivity index (χ2n) is 6.57. The minimum atomic E-state index is -0.324. The number of carbonyl (C=O) groups excluding carboxylic acids is 1. The predicted molar refractivity (Wildman–Crippen MR) is 118 cm³/mol. The van der Waals surface area contributed by atoms with Gasteiger partial charge in [-0.3, -0.25) is 9.59 Å². The molecule has 0 saturated heterocycles. The van der Waals surface area contributed by atoms with Gasteiger partial charge in [-0.25, -0.2) is 0 Å². The lowest BCUT2D eigenvalue weighted by atomic mass is 10.0. The highest BCUT2D eigenvalue weighted by atomic mass is 35.5. The lowest BCUT2D eigenvalue weighted by molar-refractivity contribution is 0.0993. The number of rotatable bonds is 6. The number of halogens is 1. The third kappa shape index (κ3) is 3.68. The second kappa shape index (κ2) is 8.67. The Balaban J connectivity index is 2.26. The summed E-state index contributed by atoms with van der Waals surface area (Å²) in [5.74, 6) is 1.02. The first-order valence-corrected chi connectivity index (χ1v) is 9.64. The van der Waals surface area contributed by atoms with Gasteiger partial charge in [-0.2, -0.15) is 0 Å². The number of carbonyl (C=O) groups is 1. The molecule has 30 heavy (non-hydrogen) atoms. The van der Waals surface area contributed by atoms with Crippen molar-refractivity contribution in [2.45, 2.75) is 13.5 Å². The van der Waals surface area contributed by atoms with Crippen LogP contribution in [0.3, 0.4) is 0 Å². The number of hydrogen-bond acceptors (Lipinski definition) is 5. The maximum Gasteiger partial charge on any atom is 0.260 e. The van der Waals surface area contributed by atoms with E-state index in [2.05, 4.69) is 0 Å². The molecule has 0 aliphatic carbocycles. The number of aromatic nitrogens is 1. The van der Waals surface area contributed by atoms with E-state index in [4.69, 9.17) is 25.8 Å². The third-order valence-corrected chi connectivity index (χ3v) is 5.20. The molecule has 0 fully saturated rings. The van der Waals surface area contributed by atoms with E-state index in [0.29, 0.717) is 50.8 Å². The molecule has 0 atom stereocenters. The molecule has 0 aliphatic rings. The van der Waals surface area contributed by atoms with Crippen molar-refractivity contribution in [1.82, 2.24) is 4.57 Å². The van der Waals surface area contributed by atoms with Crippen LogP contribution < -0.4 is 24.7 Å². The summed E-state index contributed by atoms with van der Waals surface area (Å²) in [6, 6.07) is 8.28. The molecule has 1 aromatic heterocycles. The Bertz CT molecular complexity index is 1170. The van der Waals surface area contributed by atoms with Gasteiger partial charge in [0.2, 0.25) is 0 Å². The minimum Gasteiger partial charge on any atom is -0.495 e. The Morgan fingerprint density at radius 2 is 1.60 bits per heavy atom. The first-order chi connectivity index (χ1) is 14.4. The highest BCUT2D eigenvalue weighted by molar-refractivity contribution is 6.31. The SMILES string of the molecule is CCn1cc(C(=O)N(C)c2cc(Cl)ccc2OC)c2cc(OC)c(OC)cc2c1=O. The molecular formula is C22H23ClN2O5. The summed E-state index contributed by atoms with van der Waals surface area (Å²) in [6.07, 6.45) is 1.56. The Hall–Kier alpha value is -3.19.